The molecule has 1 unspecified atom stereocenters. The van der Waals surface area contributed by atoms with E-state index in [0.717, 1.165) is 12.1 Å². The van der Waals surface area contributed by atoms with Crippen LogP contribution in [0.15, 0.2) is 18.2 Å². The first-order valence-corrected chi connectivity index (χ1v) is 5.99. The Kier molecular flexibility index (Phi) is 4.44. The molecule has 4 nitrogen and oxygen atoms in total. The number of hydrogen-bond donors (Lipinski definition) is 1. The van der Waals surface area contributed by atoms with E-state index in [4.69, 9.17) is 14.6 Å². The molecule has 1 aromatic carbocycles. The molecule has 1 aromatic rings. The minimum atomic E-state index is -1.08. The van der Waals surface area contributed by atoms with Gasteiger partial charge in [0.05, 0.1) is 19.1 Å². The van der Waals surface area contributed by atoms with Gasteiger partial charge < -0.3 is 14.6 Å². The Morgan fingerprint density at radius 1 is 1.32 bits per heavy atom. The number of benzene rings is 1. The molecule has 0 amide bonds. The van der Waals surface area contributed by atoms with Crippen LogP contribution in [0.2, 0.25) is 0 Å². The smallest absolute Gasteiger partial charge is 0.310 e. The molecule has 1 fully saturated rings. The second kappa shape index (κ2) is 6.08. The van der Waals surface area contributed by atoms with Gasteiger partial charge in [0.25, 0.3) is 0 Å². The lowest BCUT2D eigenvalue weighted by molar-refractivity contribution is -0.139. The van der Waals surface area contributed by atoms with E-state index in [1.165, 1.54) is 6.07 Å². The topological polar surface area (TPSA) is 55.8 Å². The molecule has 6 heteroatoms. The average molecular weight is 272 g/mol. The van der Waals surface area contributed by atoms with Crippen molar-refractivity contribution in [3.05, 3.63) is 35.4 Å². The first-order chi connectivity index (χ1) is 9.08. The lowest BCUT2D eigenvalue weighted by atomic mass is 9.94. The molecule has 0 spiro atoms. The first-order valence-electron chi connectivity index (χ1n) is 5.99. The van der Waals surface area contributed by atoms with E-state index in [-0.39, 0.29) is 12.0 Å². The molecule has 19 heavy (non-hydrogen) atoms. The van der Waals surface area contributed by atoms with Crippen LogP contribution in [0.5, 0.6) is 0 Å². The van der Waals surface area contributed by atoms with Crippen molar-refractivity contribution in [2.45, 2.75) is 25.0 Å². The number of aliphatic carboxylic acids is 1. The summed E-state index contributed by atoms with van der Waals surface area (Å²) >= 11 is 0. The van der Waals surface area contributed by atoms with Gasteiger partial charge in [-0.3, -0.25) is 4.79 Å². The second-order valence-electron chi connectivity index (χ2n) is 4.31. The number of carboxylic acids is 1. The molecular formula is C13H14F2O4. The summed E-state index contributed by atoms with van der Waals surface area (Å²) in [7, 11) is 0. The SMILES string of the molecule is O=C(O)C(CCC1OCCO1)c1ccc(F)c(F)c1. The highest BCUT2D eigenvalue weighted by atomic mass is 19.2. The molecule has 0 radical (unpaired) electrons. The number of carboxylic acid groups (broad SMARTS) is 1. The zero-order valence-electron chi connectivity index (χ0n) is 10.1. The summed E-state index contributed by atoms with van der Waals surface area (Å²) in [5.41, 5.74) is 0.240. The summed E-state index contributed by atoms with van der Waals surface area (Å²) in [4.78, 5) is 11.2. The lowest BCUT2D eigenvalue weighted by Crippen LogP contribution is -2.16. The Bertz CT molecular complexity index is 458. The fourth-order valence-electron chi connectivity index (χ4n) is 2.04. The van der Waals surface area contributed by atoms with E-state index in [2.05, 4.69) is 0 Å². The summed E-state index contributed by atoms with van der Waals surface area (Å²) in [6.07, 6.45) is 0.230. The van der Waals surface area contributed by atoms with Crippen molar-refractivity contribution in [1.82, 2.24) is 0 Å². The maximum Gasteiger partial charge on any atom is 0.310 e. The molecule has 2 rings (SSSR count). The zero-order chi connectivity index (χ0) is 13.8. The number of carbonyl (C=O) groups is 1. The van der Waals surface area contributed by atoms with Crippen molar-refractivity contribution in [2.24, 2.45) is 0 Å². The maximum atomic E-state index is 13.1. The van der Waals surface area contributed by atoms with Crippen molar-refractivity contribution in [3.63, 3.8) is 0 Å². The summed E-state index contributed by atoms with van der Waals surface area (Å²) in [5.74, 6) is -4.01. The van der Waals surface area contributed by atoms with Gasteiger partial charge in [0.15, 0.2) is 17.9 Å². The third-order valence-electron chi connectivity index (χ3n) is 3.03. The summed E-state index contributed by atoms with van der Waals surface area (Å²) < 4.78 is 36.4. The second-order valence-corrected chi connectivity index (χ2v) is 4.31. The van der Waals surface area contributed by atoms with Crippen LogP contribution in [-0.2, 0) is 14.3 Å². The van der Waals surface area contributed by atoms with E-state index < -0.39 is 29.8 Å². The molecule has 0 aliphatic carbocycles. The fraction of sp³-hybridized carbons (Fsp3) is 0.462. The maximum absolute atomic E-state index is 13.1. The van der Waals surface area contributed by atoms with Gasteiger partial charge in [0.1, 0.15) is 0 Å². The van der Waals surface area contributed by atoms with Gasteiger partial charge in [0.2, 0.25) is 0 Å². The Balaban J connectivity index is 2.05. The Morgan fingerprint density at radius 3 is 2.58 bits per heavy atom. The van der Waals surface area contributed by atoms with Crippen molar-refractivity contribution < 1.29 is 28.2 Å². The van der Waals surface area contributed by atoms with E-state index in [0.29, 0.717) is 19.6 Å². The number of halogens is 2. The van der Waals surface area contributed by atoms with Gasteiger partial charge in [-0.25, -0.2) is 8.78 Å². The highest BCUT2D eigenvalue weighted by Crippen LogP contribution is 2.25. The van der Waals surface area contributed by atoms with Crippen LogP contribution in [0, 0.1) is 11.6 Å². The molecule has 1 atom stereocenters. The summed E-state index contributed by atoms with van der Waals surface area (Å²) in [5, 5.41) is 9.16. The Hall–Kier alpha value is -1.53. The first kappa shape index (κ1) is 13.9. The van der Waals surface area contributed by atoms with E-state index in [1.54, 1.807) is 0 Å². The van der Waals surface area contributed by atoms with Crippen LogP contribution in [0.1, 0.15) is 24.3 Å². The third-order valence-corrected chi connectivity index (χ3v) is 3.03. The molecule has 1 aliphatic rings. The standard InChI is InChI=1S/C13H14F2O4/c14-10-3-1-8(7-11(10)15)9(13(16)17)2-4-12-18-5-6-19-12/h1,3,7,9,12H,2,4-6H2,(H,16,17). The number of rotatable bonds is 5. The zero-order valence-corrected chi connectivity index (χ0v) is 10.1. The van der Waals surface area contributed by atoms with Gasteiger partial charge >= 0.3 is 5.97 Å². The Morgan fingerprint density at radius 2 is 2.00 bits per heavy atom. The van der Waals surface area contributed by atoms with Crippen molar-refractivity contribution in [2.75, 3.05) is 13.2 Å². The molecular weight excluding hydrogens is 258 g/mol. The quantitative estimate of drug-likeness (QED) is 0.893. The predicted molar refractivity (Wildman–Crippen MR) is 61.7 cm³/mol. The Labute approximate surface area is 108 Å². The number of hydrogen-bond acceptors (Lipinski definition) is 3. The highest BCUT2D eigenvalue weighted by Gasteiger charge is 2.24. The number of ether oxygens (including phenoxy) is 2. The van der Waals surface area contributed by atoms with Crippen LogP contribution in [0.25, 0.3) is 0 Å². The molecule has 0 aromatic heterocycles. The molecule has 104 valence electrons. The van der Waals surface area contributed by atoms with E-state index in [1.807, 2.05) is 0 Å². The van der Waals surface area contributed by atoms with Crippen LogP contribution < -0.4 is 0 Å². The minimum absolute atomic E-state index is 0.240. The monoisotopic (exact) mass is 272 g/mol. The van der Waals surface area contributed by atoms with Crippen LogP contribution in [0.3, 0.4) is 0 Å². The summed E-state index contributed by atoms with van der Waals surface area (Å²) in [6.45, 7) is 0.987. The molecule has 0 bridgehead atoms. The molecule has 0 saturated carbocycles. The van der Waals surface area contributed by atoms with Crippen LogP contribution >= 0.6 is 0 Å². The van der Waals surface area contributed by atoms with Gasteiger partial charge in [-0.15, -0.1) is 0 Å². The van der Waals surface area contributed by atoms with Crippen molar-refractivity contribution >= 4 is 5.97 Å². The van der Waals surface area contributed by atoms with E-state index in [9.17, 15) is 13.6 Å². The van der Waals surface area contributed by atoms with Gasteiger partial charge in [-0.1, -0.05) is 6.07 Å². The lowest BCUT2D eigenvalue weighted by Gasteiger charge is -2.15. The third kappa shape index (κ3) is 3.48. The minimum Gasteiger partial charge on any atom is -0.481 e. The molecule has 1 aliphatic heterocycles. The van der Waals surface area contributed by atoms with Gasteiger partial charge in [-0.2, -0.15) is 0 Å². The van der Waals surface area contributed by atoms with Crippen LogP contribution in [0.4, 0.5) is 8.78 Å². The van der Waals surface area contributed by atoms with Gasteiger partial charge in [0, 0.05) is 0 Å². The van der Waals surface area contributed by atoms with Crippen molar-refractivity contribution in [1.29, 1.82) is 0 Å². The normalized spacial score (nSPS) is 17.6. The summed E-state index contributed by atoms with van der Waals surface area (Å²) in [6, 6.07) is 3.14. The van der Waals surface area contributed by atoms with Crippen molar-refractivity contribution in [3.8, 4) is 0 Å². The molecule has 1 N–H and O–H groups in total. The molecule has 1 heterocycles. The van der Waals surface area contributed by atoms with E-state index >= 15 is 0 Å². The highest BCUT2D eigenvalue weighted by molar-refractivity contribution is 5.76. The average Bonchev–Trinajstić information content (AvgIpc) is 2.86. The largest absolute Gasteiger partial charge is 0.481 e. The fourth-order valence-corrected chi connectivity index (χ4v) is 2.04. The predicted octanol–water partition coefficient (Wildman–Crippen LogP) is 2.29. The van der Waals surface area contributed by atoms with Gasteiger partial charge in [-0.05, 0) is 30.5 Å². The van der Waals surface area contributed by atoms with Crippen LogP contribution in [-0.4, -0.2) is 30.6 Å². The molecule has 1 saturated heterocycles.